The van der Waals surface area contributed by atoms with Crippen LogP contribution >= 0.6 is 27.5 Å². The molecule has 1 aliphatic heterocycles. The topological polar surface area (TPSA) is 46.3 Å². The average molecular weight is 318 g/mol. The number of likely N-dealkylation sites (tertiary alicyclic amines) is 1. The SMILES string of the molecule is CC1C(N)CCN1C(=O)c1cc(Br)ccc1Cl. The first-order valence-electron chi connectivity index (χ1n) is 5.52. The van der Waals surface area contributed by atoms with Crippen LogP contribution in [0.3, 0.4) is 0 Å². The number of carbonyl (C=O) groups is 1. The highest BCUT2D eigenvalue weighted by Crippen LogP contribution is 2.25. The first-order chi connectivity index (χ1) is 8.00. The second-order valence-electron chi connectivity index (χ2n) is 4.32. The molecule has 17 heavy (non-hydrogen) atoms. The zero-order valence-corrected chi connectivity index (χ0v) is 11.8. The summed E-state index contributed by atoms with van der Waals surface area (Å²) < 4.78 is 0.849. The summed E-state index contributed by atoms with van der Waals surface area (Å²) in [4.78, 5) is 14.1. The lowest BCUT2D eigenvalue weighted by Crippen LogP contribution is -2.40. The van der Waals surface area contributed by atoms with Crippen molar-refractivity contribution in [2.75, 3.05) is 6.54 Å². The molecule has 2 unspecified atom stereocenters. The maximum Gasteiger partial charge on any atom is 0.255 e. The molecule has 1 aromatic rings. The van der Waals surface area contributed by atoms with Gasteiger partial charge in [0.25, 0.3) is 5.91 Å². The van der Waals surface area contributed by atoms with E-state index >= 15 is 0 Å². The molecule has 0 bridgehead atoms. The number of halogens is 2. The number of nitrogens with zero attached hydrogens (tertiary/aromatic N) is 1. The first-order valence-corrected chi connectivity index (χ1v) is 6.69. The maximum absolute atomic E-state index is 12.3. The molecule has 1 aromatic carbocycles. The molecule has 1 heterocycles. The second kappa shape index (κ2) is 4.96. The fourth-order valence-corrected chi connectivity index (χ4v) is 2.63. The Balaban J connectivity index is 2.28. The zero-order chi connectivity index (χ0) is 12.6. The van der Waals surface area contributed by atoms with Crippen molar-refractivity contribution >= 4 is 33.4 Å². The number of hydrogen-bond acceptors (Lipinski definition) is 2. The van der Waals surface area contributed by atoms with E-state index in [4.69, 9.17) is 17.3 Å². The van der Waals surface area contributed by atoms with E-state index in [1.54, 1.807) is 17.0 Å². The molecule has 2 N–H and O–H groups in total. The van der Waals surface area contributed by atoms with Gasteiger partial charge in [-0.15, -0.1) is 0 Å². The first kappa shape index (κ1) is 12.9. The van der Waals surface area contributed by atoms with Crippen LogP contribution in [0.1, 0.15) is 23.7 Å². The normalized spacial score (nSPS) is 24.1. The lowest BCUT2D eigenvalue weighted by Gasteiger charge is -2.23. The van der Waals surface area contributed by atoms with Crippen LogP contribution in [0.4, 0.5) is 0 Å². The Morgan fingerprint density at radius 2 is 2.29 bits per heavy atom. The van der Waals surface area contributed by atoms with Crippen molar-refractivity contribution in [1.29, 1.82) is 0 Å². The number of carbonyl (C=O) groups excluding carboxylic acids is 1. The molecule has 2 rings (SSSR count). The van der Waals surface area contributed by atoms with E-state index in [1.807, 2.05) is 13.0 Å². The smallest absolute Gasteiger partial charge is 0.255 e. The zero-order valence-electron chi connectivity index (χ0n) is 9.49. The average Bonchev–Trinajstić information content (AvgIpc) is 2.62. The van der Waals surface area contributed by atoms with Crippen LogP contribution in [-0.4, -0.2) is 29.4 Å². The summed E-state index contributed by atoms with van der Waals surface area (Å²) in [5.74, 6) is -0.0447. The Labute approximate surface area is 114 Å². The van der Waals surface area contributed by atoms with E-state index in [0.29, 0.717) is 17.1 Å². The number of hydrogen-bond donors (Lipinski definition) is 1. The molecule has 1 amide bonds. The van der Waals surface area contributed by atoms with Gasteiger partial charge in [0.05, 0.1) is 10.6 Å². The maximum atomic E-state index is 12.3. The molecule has 1 aliphatic rings. The summed E-state index contributed by atoms with van der Waals surface area (Å²) in [6, 6.07) is 5.42. The van der Waals surface area contributed by atoms with E-state index < -0.39 is 0 Å². The molecule has 3 nitrogen and oxygen atoms in total. The number of benzene rings is 1. The third kappa shape index (κ3) is 2.49. The molecule has 1 saturated heterocycles. The van der Waals surface area contributed by atoms with E-state index in [2.05, 4.69) is 15.9 Å². The molecular weight excluding hydrogens is 304 g/mol. The van der Waals surface area contributed by atoms with Crippen molar-refractivity contribution in [3.05, 3.63) is 33.3 Å². The van der Waals surface area contributed by atoms with E-state index in [1.165, 1.54) is 0 Å². The third-order valence-electron chi connectivity index (χ3n) is 3.23. The summed E-state index contributed by atoms with van der Waals surface area (Å²) >= 11 is 9.40. The van der Waals surface area contributed by atoms with Gasteiger partial charge < -0.3 is 10.6 Å². The summed E-state index contributed by atoms with van der Waals surface area (Å²) in [6.07, 6.45) is 0.846. The Kier molecular flexibility index (Phi) is 3.76. The van der Waals surface area contributed by atoms with Crippen molar-refractivity contribution < 1.29 is 4.79 Å². The van der Waals surface area contributed by atoms with Gasteiger partial charge in [0.15, 0.2) is 0 Å². The number of amides is 1. The minimum Gasteiger partial charge on any atom is -0.334 e. The van der Waals surface area contributed by atoms with Crippen molar-refractivity contribution in [3.8, 4) is 0 Å². The van der Waals surface area contributed by atoms with Gasteiger partial charge >= 0.3 is 0 Å². The van der Waals surface area contributed by atoms with Crippen molar-refractivity contribution in [2.24, 2.45) is 5.73 Å². The van der Waals surface area contributed by atoms with Crippen LogP contribution in [-0.2, 0) is 0 Å². The molecule has 0 aromatic heterocycles. The van der Waals surface area contributed by atoms with E-state index in [-0.39, 0.29) is 18.0 Å². The van der Waals surface area contributed by atoms with Gasteiger partial charge in [0.2, 0.25) is 0 Å². The monoisotopic (exact) mass is 316 g/mol. The van der Waals surface area contributed by atoms with Gasteiger partial charge in [-0.05, 0) is 31.5 Å². The van der Waals surface area contributed by atoms with E-state index in [0.717, 1.165) is 10.9 Å². The molecule has 92 valence electrons. The predicted octanol–water partition coefficient (Wildman–Crippen LogP) is 2.66. The van der Waals surface area contributed by atoms with Crippen molar-refractivity contribution in [3.63, 3.8) is 0 Å². The number of rotatable bonds is 1. The molecule has 2 atom stereocenters. The molecule has 0 radical (unpaired) electrons. The molecular formula is C12H14BrClN2O. The summed E-state index contributed by atoms with van der Waals surface area (Å²) in [7, 11) is 0. The Bertz CT molecular complexity index is 452. The standard InChI is InChI=1S/C12H14BrClN2O/c1-7-11(15)4-5-16(7)12(17)9-6-8(13)2-3-10(9)14/h2-3,6-7,11H,4-5,15H2,1H3. The Morgan fingerprint density at radius 3 is 2.88 bits per heavy atom. The number of nitrogens with two attached hydrogens (primary N) is 1. The molecule has 0 aliphatic carbocycles. The molecule has 5 heteroatoms. The minimum atomic E-state index is -0.0447. The van der Waals surface area contributed by atoms with Gasteiger partial charge in [-0.2, -0.15) is 0 Å². The fourth-order valence-electron chi connectivity index (χ4n) is 2.07. The Morgan fingerprint density at radius 1 is 1.59 bits per heavy atom. The summed E-state index contributed by atoms with van der Waals surface area (Å²) in [5.41, 5.74) is 6.45. The van der Waals surface area contributed by atoms with Crippen molar-refractivity contribution in [1.82, 2.24) is 4.90 Å². The van der Waals surface area contributed by atoms with Gasteiger partial charge in [0, 0.05) is 23.1 Å². The molecule has 1 fully saturated rings. The largest absolute Gasteiger partial charge is 0.334 e. The van der Waals surface area contributed by atoms with Crippen LogP contribution in [0.15, 0.2) is 22.7 Å². The highest BCUT2D eigenvalue weighted by molar-refractivity contribution is 9.10. The van der Waals surface area contributed by atoms with Crippen LogP contribution < -0.4 is 5.73 Å². The van der Waals surface area contributed by atoms with Gasteiger partial charge in [-0.25, -0.2) is 0 Å². The van der Waals surface area contributed by atoms with Gasteiger partial charge in [0.1, 0.15) is 0 Å². The second-order valence-corrected chi connectivity index (χ2v) is 5.64. The minimum absolute atomic E-state index is 0.0447. The molecule has 0 spiro atoms. The van der Waals surface area contributed by atoms with Crippen LogP contribution in [0.5, 0.6) is 0 Å². The lowest BCUT2D eigenvalue weighted by atomic mass is 10.1. The van der Waals surface area contributed by atoms with Gasteiger partial charge in [-0.1, -0.05) is 27.5 Å². The van der Waals surface area contributed by atoms with Gasteiger partial charge in [-0.3, -0.25) is 4.79 Å². The van der Waals surface area contributed by atoms with Crippen molar-refractivity contribution in [2.45, 2.75) is 25.4 Å². The summed E-state index contributed by atoms with van der Waals surface area (Å²) in [5, 5.41) is 0.478. The highest BCUT2D eigenvalue weighted by Gasteiger charge is 2.32. The van der Waals surface area contributed by atoms with Crippen LogP contribution in [0.2, 0.25) is 5.02 Å². The van der Waals surface area contributed by atoms with E-state index in [9.17, 15) is 4.79 Å². The third-order valence-corrected chi connectivity index (χ3v) is 4.06. The predicted molar refractivity (Wildman–Crippen MR) is 72.2 cm³/mol. The quantitative estimate of drug-likeness (QED) is 0.865. The van der Waals surface area contributed by atoms with Crippen LogP contribution in [0, 0.1) is 0 Å². The highest BCUT2D eigenvalue weighted by atomic mass is 79.9. The lowest BCUT2D eigenvalue weighted by molar-refractivity contribution is 0.0742. The summed E-state index contributed by atoms with van der Waals surface area (Å²) in [6.45, 7) is 2.67. The Hall–Kier alpha value is -0.580. The van der Waals surface area contributed by atoms with Crippen LogP contribution in [0.25, 0.3) is 0 Å². The molecule has 0 saturated carbocycles. The fraction of sp³-hybridized carbons (Fsp3) is 0.417.